The standard InChI is InChI=1S/C17H20ClF2N5O/c1-8-11(18)12-13(23-8)14(9(6-21)15(24-12)17(19,20)22)25-5-4-10(26)16(2,3)7-25/h10,23,26H,4-5,7,22H2,1-3H3. The van der Waals surface area contributed by atoms with Crippen LogP contribution in [0, 0.1) is 23.7 Å². The van der Waals surface area contributed by atoms with Gasteiger partial charge in [0.1, 0.15) is 22.8 Å². The number of aromatic nitrogens is 2. The number of aryl methyl sites for hydroxylation is 1. The number of hydrogen-bond acceptors (Lipinski definition) is 5. The molecule has 1 fully saturated rings. The fourth-order valence-corrected chi connectivity index (χ4v) is 3.65. The van der Waals surface area contributed by atoms with Gasteiger partial charge in [0, 0.05) is 24.2 Å². The van der Waals surface area contributed by atoms with Gasteiger partial charge in [-0.3, -0.25) is 5.73 Å². The molecule has 140 valence electrons. The average molecular weight is 384 g/mol. The lowest BCUT2D eigenvalue weighted by Gasteiger charge is -2.43. The third-order valence-corrected chi connectivity index (χ3v) is 5.40. The molecule has 2 aromatic rings. The maximum absolute atomic E-state index is 14.0. The molecule has 6 nitrogen and oxygen atoms in total. The van der Waals surface area contributed by atoms with Gasteiger partial charge in [0.05, 0.1) is 22.3 Å². The predicted molar refractivity (Wildman–Crippen MR) is 95.3 cm³/mol. The highest BCUT2D eigenvalue weighted by atomic mass is 35.5. The summed E-state index contributed by atoms with van der Waals surface area (Å²) >= 11 is 6.23. The van der Waals surface area contributed by atoms with Gasteiger partial charge in [-0.25, -0.2) is 4.98 Å². The van der Waals surface area contributed by atoms with Crippen molar-refractivity contribution in [3.8, 4) is 6.07 Å². The minimum absolute atomic E-state index is 0.155. The molecular weight excluding hydrogens is 364 g/mol. The Morgan fingerprint density at radius 1 is 1.50 bits per heavy atom. The zero-order valence-electron chi connectivity index (χ0n) is 14.7. The van der Waals surface area contributed by atoms with E-state index in [1.54, 1.807) is 6.92 Å². The second-order valence-corrected chi connectivity index (χ2v) is 7.80. The van der Waals surface area contributed by atoms with Gasteiger partial charge in [-0.1, -0.05) is 25.4 Å². The molecule has 0 radical (unpaired) electrons. The molecular formula is C17H20ClF2N5O. The first-order chi connectivity index (χ1) is 12.0. The van der Waals surface area contributed by atoms with Crippen molar-refractivity contribution in [1.29, 1.82) is 5.26 Å². The average Bonchev–Trinajstić information content (AvgIpc) is 2.82. The molecule has 3 heterocycles. The molecule has 1 unspecified atom stereocenters. The van der Waals surface area contributed by atoms with E-state index in [0.717, 1.165) is 0 Å². The summed E-state index contributed by atoms with van der Waals surface area (Å²) in [6.07, 6.45) is -0.0743. The quantitative estimate of drug-likeness (QED) is 0.692. The zero-order valence-corrected chi connectivity index (χ0v) is 15.5. The summed E-state index contributed by atoms with van der Waals surface area (Å²) < 4.78 is 28.0. The highest BCUT2D eigenvalue weighted by Gasteiger charge is 2.39. The summed E-state index contributed by atoms with van der Waals surface area (Å²) in [6.45, 7) is 6.26. The summed E-state index contributed by atoms with van der Waals surface area (Å²) in [4.78, 5) is 8.77. The van der Waals surface area contributed by atoms with Crippen LogP contribution in [0.4, 0.5) is 14.5 Å². The highest BCUT2D eigenvalue weighted by molar-refractivity contribution is 6.36. The number of fused-ring (bicyclic) bond motifs is 1. The molecule has 4 N–H and O–H groups in total. The normalized spacial score (nSPS) is 20.4. The molecule has 0 amide bonds. The zero-order chi connectivity index (χ0) is 19.4. The number of aliphatic hydroxyl groups is 1. The van der Waals surface area contributed by atoms with E-state index >= 15 is 0 Å². The molecule has 0 aromatic carbocycles. The van der Waals surface area contributed by atoms with Crippen LogP contribution in [-0.4, -0.2) is 34.3 Å². The Morgan fingerprint density at radius 3 is 2.69 bits per heavy atom. The predicted octanol–water partition coefficient (Wildman–Crippen LogP) is 3.00. The lowest BCUT2D eigenvalue weighted by atomic mass is 9.81. The monoisotopic (exact) mass is 383 g/mol. The SMILES string of the molecule is Cc1[nH]c2c(N3CCC(O)C(C)(C)C3)c(C#N)c(C(N)(F)F)nc2c1Cl. The third-order valence-electron chi connectivity index (χ3n) is 4.94. The van der Waals surface area contributed by atoms with E-state index in [2.05, 4.69) is 9.97 Å². The van der Waals surface area contributed by atoms with Crippen LogP contribution in [0.15, 0.2) is 0 Å². The van der Waals surface area contributed by atoms with Gasteiger partial charge in [0.15, 0.2) is 0 Å². The van der Waals surface area contributed by atoms with Crippen molar-refractivity contribution >= 4 is 28.3 Å². The van der Waals surface area contributed by atoms with Crippen LogP contribution in [0.25, 0.3) is 11.0 Å². The summed E-state index contributed by atoms with van der Waals surface area (Å²) in [6, 6.07) is -1.95. The topological polar surface area (TPSA) is 102 Å². The van der Waals surface area contributed by atoms with E-state index in [1.807, 2.05) is 24.8 Å². The van der Waals surface area contributed by atoms with Gasteiger partial charge < -0.3 is 15.0 Å². The van der Waals surface area contributed by atoms with Crippen molar-refractivity contribution in [2.45, 2.75) is 39.3 Å². The van der Waals surface area contributed by atoms with Crippen LogP contribution < -0.4 is 10.6 Å². The number of aliphatic hydroxyl groups excluding tert-OH is 1. The first-order valence-electron chi connectivity index (χ1n) is 8.19. The molecule has 0 bridgehead atoms. The molecule has 1 aliphatic rings. The number of halogens is 3. The number of nitrogens with one attached hydrogen (secondary N) is 1. The van der Waals surface area contributed by atoms with E-state index in [4.69, 9.17) is 17.3 Å². The van der Waals surface area contributed by atoms with Crippen molar-refractivity contribution < 1.29 is 13.9 Å². The lowest BCUT2D eigenvalue weighted by Crippen LogP contribution is -2.49. The molecule has 3 rings (SSSR count). The fourth-order valence-electron chi connectivity index (χ4n) is 3.47. The van der Waals surface area contributed by atoms with E-state index in [9.17, 15) is 19.1 Å². The number of aromatic amines is 1. The Labute approximate surface area is 154 Å². The van der Waals surface area contributed by atoms with Gasteiger partial charge in [0.25, 0.3) is 0 Å². The van der Waals surface area contributed by atoms with Crippen LogP contribution in [0.3, 0.4) is 0 Å². The number of nitriles is 1. The molecule has 0 spiro atoms. The lowest BCUT2D eigenvalue weighted by molar-refractivity contribution is -0.00164. The Bertz CT molecular complexity index is 913. The van der Waals surface area contributed by atoms with Crippen molar-refractivity contribution in [2.24, 2.45) is 11.1 Å². The van der Waals surface area contributed by atoms with Crippen molar-refractivity contribution in [1.82, 2.24) is 9.97 Å². The van der Waals surface area contributed by atoms with Crippen LogP contribution in [-0.2, 0) is 6.05 Å². The van der Waals surface area contributed by atoms with E-state index < -0.39 is 23.3 Å². The van der Waals surface area contributed by atoms with Gasteiger partial charge in [0.2, 0.25) is 0 Å². The first kappa shape index (κ1) is 18.8. The minimum atomic E-state index is -3.78. The molecule has 0 aliphatic carbocycles. The molecule has 2 aromatic heterocycles. The number of piperidine rings is 1. The number of hydrogen-bond donors (Lipinski definition) is 3. The van der Waals surface area contributed by atoms with Crippen LogP contribution >= 0.6 is 11.6 Å². The van der Waals surface area contributed by atoms with Crippen LogP contribution in [0.5, 0.6) is 0 Å². The van der Waals surface area contributed by atoms with Gasteiger partial charge in [-0.15, -0.1) is 0 Å². The van der Waals surface area contributed by atoms with Crippen LogP contribution in [0.1, 0.15) is 37.2 Å². The smallest absolute Gasteiger partial charge is 0.345 e. The fraction of sp³-hybridized carbons (Fsp3) is 0.529. The number of pyridine rings is 1. The molecule has 9 heteroatoms. The number of rotatable bonds is 2. The van der Waals surface area contributed by atoms with Gasteiger partial charge in [-0.05, 0) is 13.3 Å². The Balaban J connectivity index is 2.33. The Kier molecular flexibility index (Phi) is 4.38. The largest absolute Gasteiger partial charge is 0.392 e. The van der Waals surface area contributed by atoms with Crippen molar-refractivity contribution in [3.05, 3.63) is 22.0 Å². The minimum Gasteiger partial charge on any atom is -0.392 e. The Hall–Kier alpha value is -1.95. The molecule has 26 heavy (non-hydrogen) atoms. The number of alkyl halides is 2. The van der Waals surface area contributed by atoms with E-state index in [0.29, 0.717) is 36.4 Å². The first-order valence-corrected chi connectivity index (χ1v) is 8.57. The molecule has 1 atom stereocenters. The summed E-state index contributed by atoms with van der Waals surface area (Å²) in [5.41, 5.74) is 4.88. The number of nitrogens with zero attached hydrogens (tertiary/aromatic N) is 3. The molecule has 0 saturated carbocycles. The van der Waals surface area contributed by atoms with E-state index in [1.165, 1.54) is 0 Å². The maximum Gasteiger partial charge on any atom is 0.345 e. The number of H-pyrrole nitrogens is 1. The summed E-state index contributed by atoms with van der Waals surface area (Å²) in [5.74, 6) is 0. The molecule has 1 aliphatic heterocycles. The van der Waals surface area contributed by atoms with Crippen molar-refractivity contribution in [2.75, 3.05) is 18.0 Å². The van der Waals surface area contributed by atoms with Gasteiger partial charge in [-0.2, -0.15) is 14.0 Å². The number of anilines is 1. The second-order valence-electron chi connectivity index (χ2n) is 7.42. The summed E-state index contributed by atoms with van der Waals surface area (Å²) in [7, 11) is 0. The third kappa shape index (κ3) is 2.90. The number of nitrogens with two attached hydrogens (primary N) is 1. The van der Waals surface area contributed by atoms with Crippen molar-refractivity contribution in [3.63, 3.8) is 0 Å². The summed E-state index contributed by atoms with van der Waals surface area (Å²) in [5, 5.41) is 20.0. The second kappa shape index (κ2) is 6.05. The highest BCUT2D eigenvalue weighted by Crippen LogP contribution is 2.42. The molecule has 1 saturated heterocycles. The van der Waals surface area contributed by atoms with Crippen LogP contribution in [0.2, 0.25) is 5.02 Å². The Morgan fingerprint density at radius 2 is 2.15 bits per heavy atom. The maximum atomic E-state index is 14.0. The van der Waals surface area contributed by atoms with Gasteiger partial charge >= 0.3 is 6.05 Å². The van der Waals surface area contributed by atoms with E-state index in [-0.39, 0.29) is 16.1 Å².